The van der Waals surface area contributed by atoms with Crippen molar-refractivity contribution < 1.29 is 39.9 Å². The lowest BCUT2D eigenvalue weighted by Gasteiger charge is -2.36. The molecule has 1 N–H and O–H groups in total. The summed E-state index contributed by atoms with van der Waals surface area (Å²) in [5.41, 5.74) is -1.20. The van der Waals surface area contributed by atoms with E-state index in [0.717, 1.165) is 66.4 Å². The van der Waals surface area contributed by atoms with Crippen LogP contribution in [0.15, 0.2) is 65.6 Å². The Bertz CT molecular complexity index is 1540. The third-order valence-corrected chi connectivity index (χ3v) is 8.89. The number of rotatable bonds is 6. The first kappa shape index (κ1) is 27.9. The zero-order valence-electron chi connectivity index (χ0n) is 21.0. The van der Waals surface area contributed by atoms with E-state index in [2.05, 4.69) is 5.32 Å². The number of halogens is 5. The van der Waals surface area contributed by atoms with Gasteiger partial charge in [0.05, 0.1) is 29.2 Å². The summed E-state index contributed by atoms with van der Waals surface area (Å²) in [5.74, 6) is -1.71. The van der Waals surface area contributed by atoms with Crippen LogP contribution in [0, 0.1) is 17.6 Å². The van der Waals surface area contributed by atoms with Crippen LogP contribution < -0.4 is 14.4 Å². The molecule has 3 aromatic carbocycles. The molecule has 0 aromatic heterocycles. The highest BCUT2D eigenvalue weighted by molar-refractivity contribution is 7.92. The summed E-state index contributed by atoms with van der Waals surface area (Å²) in [6.45, 7) is -0.380. The van der Waals surface area contributed by atoms with Gasteiger partial charge in [-0.25, -0.2) is 17.2 Å². The van der Waals surface area contributed by atoms with E-state index in [1.54, 1.807) is 0 Å². The van der Waals surface area contributed by atoms with E-state index in [1.807, 2.05) is 0 Å². The normalized spacial score (nSPS) is 17.8. The molecule has 1 amide bonds. The van der Waals surface area contributed by atoms with Crippen molar-refractivity contribution in [2.24, 2.45) is 5.92 Å². The van der Waals surface area contributed by atoms with Crippen molar-refractivity contribution in [1.29, 1.82) is 0 Å². The van der Waals surface area contributed by atoms with Crippen LogP contribution >= 0.6 is 0 Å². The number of hydrogen-bond donors (Lipinski definition) is 1. The summed E-state index contributed by atoms with van der Waals surface area (Å²) < 4.78 is 103. The number of alkyl halides is 3. The number of benzene rings is 3. The van der Waals surface area contributed by atoms with Gasteiger partial charge in [0.25, 0.3) is 10.0 Å². The van der Waals surface area contributed by atoms with Gasteiger partial charge in [-0.1, -0.05) is 25.0 Å². The fourth-order valence-electron chi connectivity index (χ4n) is 5.04. The molecule has 3 aromatic rings. The molecule has 1 fully saturated rings. The summed E-state index contributed by atoms with van der Waals surface area (Å²) in [6.07, 6.45) is -2.23. The maximum absolute atomic E-state index is 14.5. The Morgan fingerprint density at radius 3 is 2.48 bits per heavy atom. The Labute approximate surface area is 227 Å². The third-order valence-electron chi connectivity index (χ3n) is 7.11. The monoisotopic (exact) mass is 580 g/mol. The van der Waals surface area contributed by atoms with Gasteiger partial charge in [0.1, 0.15) is 23.5 Å². The number of amides is 1. The molecule has 1 unspecified atom stereocenters. The number of anilines is 1. The molecule has 2 aliphatic rings. The quantitative estimate of drug-likeness (QED) is 0.368. The molecule has 1 aliphatic heterocycles. The molecule has 40 heavy (non-hydrogen) atoms. The molecule has 212 valence electrons. The van der Waals surface area contributed by atoms with Gasteiger partial charge >= 0.3 is 6.18 Å². The summed E-state index contributed by atoms with van der Waals surface area (Å²) in [4.78, 5) is 11.9. The maximum atomic E-state index is 14.5. The fraction of sp³-hybridized carbons (Fsp3) is 0.321. The minimum atomic E-state index is -4.77. The summed E-state index contributed by atoms with van der Waals surface area (Å²) in [7, 11) is -4.59. The molecule has 1 atom stereocenters. The van der Waals surface area contributed by atoms with E-state index in [-0.39, 0.29) is 47.5 Å². The molecule has 0 spiro atoms. The summed E-state index contributed by atoms with van der Waals surface area (Å²) in [5, 5.41) is 2.79. The minimum Gasteiger partial charge on any atom is -0.484 e. The standard InChI is InChI=1S/C28H25F5N2O4S/c29-20-9-10-24(30)23(14-20)18-8-11-26-25(12-18)35(16-21(39-26)15-34-27(36)17-4-1-2-5-17)40(37,38)22-7-3-6-19(13-22)28(31,32)33/h3,6-14,17,21H,1-2,4-5,15-16H2,(H,34,36). The van der Waals surface area contributed by atoms with Gasteiger partial charge in [0.15, 0.2) is 0 Å². The SMILES string of the molecule is O=C(NCC1CN(S(=O)(=O)c2cccc(C(F)(F)F)c2)c2cc(-c3cc(F)ccc3F)ccc2O1)C1CCCC1. The van der Waals surface area contributed by atoms with E-state index >= 15 is 0 Å². The van der Waals surface area contributed by atoms with Crippen LogP contribution in [-0.4, -0.2) is 33.5 Å². The van der Waals surface area contributed by atoms with Gasteiger partial charge in [-0.05, 0) is 66.9 Å². The largest absolute Gasteiger partial charge is 0.484 e. The zero-order chi connectivity index (χ0) is 28.7. The first-order valence-electron chi connectivity index (χ1n) is 12.7. The fourth-order valence-corrected chi connectivity index (χ4v) is 6.58. The first-order chi connectivity index (χ1) is 18.9. The van der Waals surface area contributed by atoms with Crippen molar-refractivity contribution in [3.63, 3.8) is 0 Å². The van der Waals surface area contributed by atoms with Gasteiger partial charge in [0, 0.05) is 11.5 Å². The smallest absolute Gasteiger partial charge is 0.416 e. The number of ether oxygens (including phenoxy) is 1. The molecular weight excluding hydrogens is 555 g/mol. The summed E-state index contributed by atoms with van der Waals surface area (Å²) in [6, 6.07) is 10.3. The zero-order valence-corrected chi connectivity index (χ0v) is 21.9. The number of sulfonamides is 1. The number of nitrogens with one attached hydrogen (secondary N) is 1. The Kier molecular flexibility index (Phi) is 7.47. The van der Waals surface area contributed by atoms with Crippen LogP contribution in [0.5, 0.6) is 5.75 Å². The Morgan fingerprint density at radius 2 is 1.75 bits per heavy atom. The van der Waals surface area contributed by atoms with Gasteiger partial charge in [-0.15, -0.1) is 0 Å². The maximum Gasteiger partial charge on any atom is 0.416 e. The molecule has 12 heteroatoms. The lowest BCUT2D eigenvalue weighted by Crippen LogP contribution is -2.49. The number of hydrogen-bond acceptors (Lipinski definition) is 4. The molecular formula is C28H25F5N2O4S. The highest BCUT2D eigenvalue weighted by atomic mass is 32.2. The predicted octanol–water partition coefficient (Wildman–Crippen LogP) is 5.91. The van der Waals surface area contributed by atoms with Crippen molar-refractivity contribution in [3.8, 4) is 16.9 Å². The second kappa shape index (κ2) is 10.7. The van der Waals surface area contributed by atoms with Crippen LogP contribution in [0.4, 0.5) is 27.6 Å². The molecule has 1 saturated carbocycles. The van der Waals surface area contributed by atoms with Crippen LogP contribution in [-0.2, 0) is 21.0 Å². The second-order valence-corrected chi connectivity index (χ2v) is 11.7. The average molecular weight is 581 g/mol. The van der Waals surface area contributed by atoms with Crippen LogP contribution in [0.3, 0.4) is 0 Å². The lowest BCUT2D eigenvalue weighted by molar-refractivity contribution is -0.137. The number of nitrogens with zero attached hydrogens (tertiary/aromatic N) is 1. The molecule has 1 heterocycles. The van der Waals surface area contributed by atoms with E-state index in [1.165, 1.54) is 18.2 Å². The molecule has 1 aliphatic carbocycles. The van der Waals surface area contributed by atoms with Gasteiger partial charge in [-0.2, -0.15) is 13.2 Å². The summed E-state index contributed by atoms with van der Waals surface area (Å²) >= 11 is 0. The minimum absolute atomic E-state index is 0.0380. The Balaban J connectivity index is 1.53. The van der Waals surface area contributed by atoms with Crippen LogP contribution in [0.25, 0.3) is 11.1 Å². The molecule has 5 rings (SSSR count). The Hall–Kier alpha value is -3.67. The molecule has 0 saturated heterocycles. The van der Waals surface area contributed by atoms with E-state index in [9.17, 15) is 35.2 Å². The Morgan fingerprint density at radius 1 is 1.00 bits per heavy atom. The van der Waals surface area contributed by atoms with Gasteiger partial charge < -0.3 is 10.1 Å². The number of fused-ring (bicyclic) bond motifs is 1. The predicted molar refractivity (Wildman–Crippen MR) is 137 cm³/mol. The van der Waals surface area contributed by atoms with E-state index in [0.29, 0.717) is 6.07 Å². The van der Waals surface area contributed by atoms with Crippen molar-refractivity contribution in [2.75, 3.05) is 17.4 Å². The van der Waals surface area contributed by atoms with Crippen LogP contribution in [0.2, 0.25) is 0 Å². The van der Waals surface area contributed by atoms with E-state index in [4.69, 9.17) is 4.74 Å². The van der Waals surface area contributed by atoms with Crippen molar-refractivity contribution in [3.05, 3.63) is 77.9 Å². The number of carbonyl (C=O) groups is 1. The first-order valence-corrected chi connectivity index (χ1v) is 14.1. The molecule has 0 radical (unpaired) electrons. The lowest BCUT2D eigenvalue weighted by atomic mass is 10.0. The molecule has 0 bridgehead atoms. The van der Waals surface area contributed by atoms with Gasteiger partial charge in [-0.3, -0.25) is 9.10 Å². The third kappa shape index (κ3) is 5.63. The van der Waals surface area contributed by atoms with Crippen molar-refractivity contribution in [1.82, 2.24) is 5.32 Å². The highest BCUT2D eigenvalue weighted by Gasteiger charge is 2.37. The topological polar surface area (TPSA) is 75.7 Å². The second-order valence-electron chi connectivity index (χ2n) is 9.83. The molecule has 6 nitrogen and oxygen atoms in total. The van der Waals surface area contributed by atoms with E-state index < -0.39 is 44.4 Å². The van der Waals surface area contributed by atoms with Gasteiger partial charge in [0.2, 0.25) is 5.91 Å². The average Bonchev–Trinajstić information content (AvgIpc) is 3.47. The van der Waals surface area contributed by atoms with Crippen molar-refractivity contribution >= 4 is 21.6 Å². The highest BCUT2D eigenvalue weighted by Crippen LogP contribution is 2.41. The van der Waals surface area contributed by atoms with Crippen LogP contribution in [0.1, 0.15) is 31.2 Å². The number of carbonyl (C=O) groups excluding carboxylic acids is 1. The van der Waals surface area contributed by atoms with Crippen molar-refractivity contribution in [2.45, 2.75) is 42.9 Å².